The summed E-state index contributed by atoms with van der Waals surface area (Å²) in [5.74, 6) is -0.598. The molecule has 3 heterocycles. The number of pyridine rings is 2. The van der Waals surface area contributed by atoms with Gasteiger partial charge in [-0.05, 0) is 42.0 Å². The third-order valence-corrected chi connectivity index (χ3v) is 5.59. The fourth-order valence-corrected chi connectivity index (χ4v) is 4.00. The molecule has 1 unspecified atom stereocenters. The maximum Gasteiger partial charge on any atom is 0.274 e. The van der Waals surface area contributed by atoms with Crippen LogP contribution in [0.2, 0.25) is 5.15 Å². The average molecular weight is 431 g/mol. The smallest absolute Gasteiger partial charge is 0.267 e. The number of aromatic nitrogens is 2. The molecule has 1 aliphatic heterocycles. The second kappa shape index (κ2) is 7.89. The molecule has 0 spiro atoms. The Morgan fingerprint density at radius 1 is 1.03 bits per heavy atom. The zero-order valence-electron chi connectivity index (χ0n) is 16.2. The van der Waals surface area contributed by atoms with Gasteiger partial charge in [0.05, 0.1) is 17.3 Å². The third-order valence-electron chi connectivity index (χ3n) is 5.29. The van der Waals surface area contributed by atoms with Crippen LogP contribution in [-0.2, 0) is 0 Å². The average Bonchev–Trinajstić information content (AvgIpc) is 3.24. The number of carbonyl (C=O) groups excluding carboxylic acids is 1. The van der Waals surface area contributed by atoms with E-state index in [1.54, 1.807) is 36.7 Å². The normalized spacial score (nSPS) is 15.9. The quantitative estimate of drug-likeness (QED) is 0.408. The Kier molecular flexibility index (Phi) is 4.92. The van der Waals surface area contributed by atoms with E-state index in [0.717, 1.165) is 16.5 Å². The zero-order chi connectivity index (χ0) is 21.4. The minimum atomic E-state index is -0.440. The molecule has 1 amide bonds. The van der Waals surface area contributed by atoms with Crippen LogP contribution in [-0.4, -0.2) is 26.6 Å². The Morgan fingerprint density at radius 2 is 1.77 bits per heavy atom. The van der Waals surface area contributed by atoms with Crippen molar-refractivity contribution in [1.29, 1.82) is 0 Å². The molecular formula is C24H16ClFN4O. The predicted molar refractivity (Wildman–Crippen MR) is 117 cm³/mol. The number of fused-ring (bicyclic) bond motifs is 1. The molecule has 0 radical (unpaired) electrons. The number of nitrogens with zero attached hydrogens (tertiary/aromatic N) is 4. The van der Waals surface area contributed by atoms with E-state index in [4.69, 9.17) is 11.6 Å². The van der Waals surface area contributed by atoms with E-state index in [0.29, 0.717) is 28.4 Å². The summed E-state index contributed by atoms with van der Waals surface area (Å²) in [6.45, 7) is 0. The van der Waals surface area contributed by atoms with Crippen molar-refractivity contribution in [3.05, 3.63) is 107 Å². The SMILES string of the molecule is O=C(c1ccncc1)N1N=C(c2ccc(F)cc2)CC1c1cc2ccccc2nc1Cl. The van der Waals surface area contributed by atoms with Crippen molar-refractivity contribution in [2.75, 3.05) is 0 Å². The number of benzene rings is 2. The van der Waals surface area contributed by atoms with Crippen molar-refractivity contribution >= 4 is 34.1 Å². The van der Waals surface area contributed by atoms with Gasteiger partial charge in [0.25, 0.3) is 5.91 Å². The van der Waals surface area contributed by atoms with Crippen LogP contribution in [0.1, 0.15) is 33.9 Å². The lowest BCUT2D eigenvalue weighted by atomic mass is 9.98. The second-order valence-corrected chi connectivity index (χ2v) is 7.58. The standard InChI is InChI=1S/C24H16ClFN4O/c25-23-19(13-17-3-1-2-4-20(17)28-23)22-14-21(15-5-7-18(26)8-6-15)29-30(22)24(31)16-9-11-27-12-10-16/h1-13,22H,14H2. The Bertz CT molecular complexity index is 1310. The molecule has 0 bridgehead atoms. The predicted octanol–water partition coefficient (Wildman–Crippen LogP) is 5.41. The summed E-state index contributed by atoms with van der Waals surface area (Å²) in [6.07, 6.45) is 3.56. The van der Waals surface area contributed by atoms with Gasteiger partial charge in [-0.15, -0.1) is 0 Å². The van der Waals surface area contributed by atoms with Gasteiger partial charge >= 0.3 is 0 Å². The fourth-order valence-electron chi connectivity index (χ4n) is 3.73. The first-order chi connectivity index (χ1) is 15.1. The molecule has 0 N–H and O–H groups in total. The number of hydrazone groups is 1. The van der Waals surface area contributed by atoms with E-state index in [-0.39, 0.29) is 11.7 Å². The van der Waals surface area contributed by atoms with Gasteiger partial charge in [0.15, 0.2) is 0 Å². The largest absolute Gasteiger partial charge is 0.274 e. The van der Waals surface area contributed by atoms with Crippen molar-refractivity contribution in [3.63, 3.8) is 0 Å². The summed E-state index contributed by atoms with van der Waals surface area (Å²) in [4.78, 5) is 21.8. The fraction of sp³-hybridized carbons (Fsp3) is 0.0833. The molecule has 5 nitrogen and oxygen atoms in total. The van der Waals surface area contributed by atoms with E-state index in [1.807, 2.05) is 30.3 Å². The Labute approximate surface area is 182 Å². The van der Waals surface area contributed by atoms with Crippen molar-refractivity contribution in [3.8, 4) is 0 Å². The van der Waals surface area contributed by atoms with Gasteiger partial charge in [-0.3, -0.25) is 9.78 Å². The van der Waals surface area contributed by atoms with Crippen molar-refractivity contribution in [2.45, 2.75) is 12.5 Å². The first-order valence-corrected chi connectivity index (χ1v) is 10.1. The topological polar surface area (TPSA) is 58.5 Å². The highest BCUT2D eigenvalue weighted by molar-refractivity contribution is 6.30. The monoisotopic (exact) mass is 430 g/mol. The number of hydrogen-bond donors (Lipinski definition) is 0. The van der Waals surface area contributed by atoms with E-state index in [9.17, 15) is 9.18 Å². The highest BCUT2D eigenvalue weighted by atomic mass is 35.5. The molecule has 2 aromatic heterocycles. The van der Waals surface area contributed by atoms with Crippen molar-refractivity contribution < 1.29 is 9.18 Å². The van der Waals surface area contributed by atoms with Crippen LogP contribution >= 0.6 is 11.6 Å². The minimum Gasteiger partial charge on any atom is -0.267 e. The molecule has 31 heavy (non-hydrogen) atoms. The van der Waals surface area contributed by atoms with Crippen molar-refractivity contribution in [2.24, 2.45) is 5.10 Å². The maximum atomic E-state index is 13.4. The molecule has 1 atom stereocenters. The number of para-hydroxylation sites is 1. The summed E-state index contributed by atoms with van der Waals surface area (Å²) in [5, 5.41) is 7.30. The molecule has 0 aliphatic carbocycles. The Hall–Kier alpha value is -3.64. The van der Waals surface area contributed by atoms with Crippen LogP contribution in [0.3, 0.4) is 0 Å². The van der Waals surface area contributed by atoms with Crippen LogP contribution in [0.5, 0.6) is 0 Å². The summed E-state index contributed by atoms with van der Waals surface area (Å²) in [7, 11) is 0. The first kappa shape index (κ1) is 19.3. The van der Waals surface area contributed by atoms with Gasteiger partial charge in [-0.1, -0.05) is 41.9 Å². The highest BCUT2D eigenvalue weighted by Crippen LogP contribution is 2.38. The van der Waals surface area contributed by atoms with E-state index >= 15 is 0 Å². The molecule has 0 saturated heterocycles. The summed E-state index contributed by atoms with van der Waals surface area (Å²) < 4.78 is 13.4. The molecule has 4 aromatic rings. The zero-order valence-corrected chi connectivity index (χ0v) is 17.0. The first-order valence-electron chi connectivity index (χ1n) is 9.72. The van der Waals surface area contributed by atoms with Gasteiger partial charge in [0, 0.05) is 35.3 Å². The molecule has 2 aromatic carbocycles. The summed E-state index contributed by atoms with van der Waals surface area (Å²) >= 11 is 6.55. The van der Waals surface area contributed by atoms with Crippen LogP contribution in [0, 0.1) is 5.82 Å². The van der Waals surface area contributed by atoms with Gasteiger partial charge in [0.2, 0.25) is 0 Å². The van der Waals surface area contributed by atoms with Gasteiger partial charge in [-0.2, -0.15) is 5.10 Å². The van der Waals surface area contributed by atoms with E-state index in [2.05, 4.69) is 15.1 Å². The number of rotatable bonds is 3. The third kappa shape index (κ3) is 3.66. The number of amides is 1. The lowest BCUT2D eigenvalue weighted by Gasteiger charge is -2.23. The molecule has 152 valence electrons. The van der Waals surface area contributed by atoms with Crippen LogP contribution in [0.4, 0.5) is 4.39 Å². The molecule has 7 heteroatoms. The highest BCUT2D eigenvalue weighted by Gasteiger charge is 2.35. The maximum absolute atomic E-state index is 13.4. The molecule has 5 rings (SSSR count). The van der Waals surface area contributed by atoms with Gasteiger partial charge in [0.1, 0.15) is 11.0 Å². The Morgan fingerprint density at radius 3 is 2.55 bits per heavy atom. The van der Waals surface area contributed by atoms with Gasteiger partial charge in [-0.25, -0.2) is 14.4 Å². The second-order valence-electron chi connectivity index (χ2n) is 7.22. The summed E-state index contributed by atoms with van der Waals surface area (Å²) in [6, 6.07) is 18.5. The lowest BCUT2D eigenvalue weighted by molar-refractivity contribution is 0.0711. The summed E-state index contributed by atoms with van der Waals surface area (Å²) in [5.41, 5.74) is 3.39. The van der Waals surface area contributed by atoms with E-state index in [1.165, 1.54) is 17.1 Å². The molecule has 0 saturated carbocycles. The van der Waals surface area contributed by atoms with Crippen molar-refractivity contribution in [1.82, 2.24) is 15.0 Å². The van der Waals surface area contributed by atoms with Crippen LogP contribution in [0.15, 0.2) is 84.2 Å². The number of carbonyl (C=O) groups is 1. The Balaban J connectivity index is 1.60. The van der Waals surface area contributed by atoms with Crippen LogP contribution < -0.4 is 0 Å². The number of hydrogen-bond acceptors (Lipinski definition) is 4. The number of halogens is 2. The van der Waals surface area contributed by atoms with E-state index < -0.39 is 6.04 Å². The molecular weight excluding hydrogens is 415 g/mol. The minimum absolute atomic E-state index is 0.270. The lowest BCUT2D eigenvalue weighted by Crippen LogP contribution is -2.27. The van der Waals surface area contributed by atoms with Crippen LogP contribution in [0.25, 0.3) is 10.9 Å². The van der Waals surface area contributed by atoms with Gasteiger partial charge < -0.3 is 0 Å². The molecule has 0 fully saturated rings. The molecule has 1 aliphatic rings.